The van der Waals surface area contributed by atoms with Crippen LogP contribution in [0.1, 0.15) is 17.5 Å². The van der Waals surface area contributed by atoms with Crippen molar-refractivity contribution in [2.24, 2.45) is 5.16 Å². The number of benzene rings is 2. The molecule has 1 aliphatic carbocycles. The Balaban J connectivity index is 0.00000289. The molecule has 2 aromatic carbocycles. The van der Waals surface area contributed by atoms with Crippen LogP contribution in [0.3, 0.4) is 0 Å². The maximum absolute atomic E-state index is 9.27. The molecule has 35 heavy (non-hydrogen) atoms. The molecule has 6 nitrogen and oxygen atoms in total. The highest BCUT2D eigenvalue weighted by Gasteiger charge is 2.21. The third kappa shape index (κ3) is 5.24. The van der Waals surface area contributed by atoms with E-state index in [1.807, 2.05) is 56.6 Å². The standard InChI is InChI=1S/C28H27N3O3.ClH/c1-31(2)15-16-33-23-7-3-19(4-8-23)27-18-25(28(34-27)20-11-13-29-14-12-20)22-5-9-24-21(17-22)6-10-26(24)30-32;/h3-5,7-9,11-14,17-18,32H,6,10,15-16H2,1-2H3;1H. The van der Waals surface area contributed by atoms with Gasteiger partial charge in [-0.3, -0.25) is 4.98 Å². The van der Waals surface area contributed by atoms with Gasteiger partial charge in [-0.05, 0) is 80.5 Å². The molecule has 180 valence electrons. The van der Waals surface area contributed by atoms with E-state index in [1.54, 1.807) is 12.4 Å². The van der Waals surface area contributed by atoms with Crippen molar-refractivity contribution in [3.63, 3.8) is 0 Å². The van der Waals surface area contributed by atoms with Crippen molar-refractivity contribution >= 4 is 18.1 Å². The third-order valence-corrected chi connectivity index (χ3v) is 6.10. The van der Waals surface area contributed by atoms with E-state index in [0.717, 1.165) is 70.2 Å². The first-order valence-corrected chi connectivity index (χ1v) is 11.4. The maximum Gasteiger partial charge on any atom is 0.142 e. The molecule has 0 amide bonds. The Morgan fingerprint density at radius 3 is 2.37 bits per heavy atom. The van der Waals surface area contributed by atoms with Crippen molar-refractivity contribution in [1.82, 2.24) is 9.88 Å². The first kappa shape index (κ1) is 24.5. The van der Waals surface area contributed by atoms with Gasteiger partial charge < -0.3 is 19.3 Å². The second-order valence-corrected chi connectivity index (χ2v) is 8.68. The van der Waals surface area contributed by atoms with Crippen LogP contribution in [0.2, 0.25) is 0 Å². The zero-order valence-electron chi connectivity index (χ0n) is 19.8. The Morgan fingerprint density at radius 1 is 0.914 bits per heavy atom. The van der Waals surface area contributed by atoms with Gasteiger partial charge in [0.15, 0.2) is 0 Å². The summed E-state index contributed by atoms with van der Waals surface area (Å²) in [5.74, 6) is 2.43. The molecule has 5 rings (SSSR count). The van der Waals surface area contributed by atoms with Crippen LogP contribution in [0.15, 0.2) is 82.6 Å². The first-order valence-electron chi connectivity index (χ1n) is 11.4. The lowest BCUT2D eigenvalue weighted by Crippen LogP contribution is -2.19. The average molecular weight is 490 g/mol. The van der Waals surface area contributed by atoms with E-state index in [2.05, 4.69) is 33.2 Å². The van der Waals surface area contributed by atoms with Crippen molar-refractivity contribution in [1.29, 1.82) is 0 Å². The summed E-state index contributed by atoms with van der Waals surface area (Å²) in [4.78, 5) is 6.25. The molecule has 0 unspecified atom stereocenters. The number of hydrogen-bond donors (Lipinski definition) is 1. The molecular weight excluding hydrogens is 462 g/mol. The predicted molar refractivity (Wildman–Crippen MR) is 141 cm³/mol. The van der Waals surface area contributed by atoms with Crippen LogP contribution in [-0.4, -0.2) is 48.0 Å². The van der Waals surface area contributed by atoms with E-state index in [-0.39, 0.29) is 12.4 Å². The molecule has 0 radical (unpaired) electrons. The molecule has 0 saturated heterocycles. The summed E-state index contributed by atoms with van der Waals surface area (Å²) < 4.78 is 12.2. The SMILES string of the molecule is CN(C)CCOc1ccc(-c2cc(-c3ccc4c(c3)CCC4=NO)c(-c3ccncc3)o2)cc1.Cl. The van der Waals surface area contributed by atoms with Gasteiger partial charge in [-0.15, -0.1) is 12.4 Å². The van der Waals surface area contributed by atoms with Gasteiger partial charge in [-0.1, -0.05) is 23.4 Å². The summed E-state index contributed by atoms with van der Waals surface area (Å²) in [7, 11) is 4.06. The van der Waals surface area contributed by atoms with E-state index in [4.69, 9.17) is 9.15 Å². The zero-order valence-corrected chi connectivity index (χ0v) is 20.6. The molecule has 0 bridgehead atoms. The number of ether oxygens (including phenoxy) is 1. The fourth-order valence-electron chi connectivity index (χ4n) is 4.27. The van der Waals surface area contributed by atoms with Crippen LogP contribution in [0.25, 0.3) is 33.8 Å². The molecule has 0 saturated carbocycles. The number of halogens is 1. The zero-order chi connectivity index (χ0) is 23.5. The molecule has 0 fully saturated rings. The Kier molecular flexibility index (Phi) is 7.54. The lowest BCUT2D eigenvalue weighted by molar-refractivity contribution is 0.261. The Hall–Kier alpha value is -3.61. The van der Waals surface area contributed by atoms with Crippen molar-refractivity contribution in [3.05, 3.63) is 84.2 Å². The van der Waals surface area contributed by atoms with Crippen LogP contribution in [0.4, 0.5) is 0 Å². The molecule has 4 aromatic rings. The first-order chi connectivity index (χ1) is 16.6. The Bertz CT molecular complexity index is 1320. The van der Waals surface area contributed by atoms with Crippen molar-refractivity contribution in [2.75, 3.05) is 27.2 Å². The fraction of sp³-hybridized carbons (Fsp3) is 0.214. The van der Waals surface area contributed by atoms with Gasteiger partial charge >= 0.3 is 0 Å². The number of fused-ring (bicyclic) bond motifs is 1. The molecule has 1 N–H and O–H groups in total. The molecular formula is C28H28ClN3O3. The van der Waals surface area contributed by atoms with Gasteiger partial charge in [0.2, 0.25) is 0 Å². The average Bonchev–Trinajstić information content (AvgIpc) is 3.49. The number of furan rings is 1. The number of nitrogens with zero attached hydrogens (tertiary/aromatic N) is 3. The summed E-state index contributed by atoms with van der Waals surface area (Å²) in [5, 5.41) is 12.7. The summed E-state index contributed by atoms with van der Waals surface area (Å²) in [6.45, 7) is 1.51. The topological polar surface area (TPSA) is 71.1 Å². The van der Waals surface area contributed by atoms with Gasteiger partial charge in [0.1, 0.15) is 23.9 Å². The summed E-state index contributed by atoms with van der Waals surface area (Å²) >= 11 is 0. The van der Waals surface area contributed by atoms with E-state index >= 15 is 0 Å². The Morgan fingerprint density at radius 2 is 1.66 bits per heavy atom. The van der Waals surface area contributed by atoms with Crippen LogP contribution in [-0.2, 0) is 6.42 Å². The quantitative estimate of drug-likeness (QED) is 0.248. The largest absolute Gasteiger partial charge is 0.492 e. The highest BCUT2D eigenvalue weighted by molar-refractivity contribution is 6.04. The van der Waals surface area contributed by atoms with E-state index in [0.29, 0.717) is 6.61 Å². The van der Waals surface area contributed by atoms with Crippen LogP contribution in [0.5, 0.6) is 5.75 Å². The molecule has 1 aliphatic rings. The summed E-state index contributed by atoms with van der Waals surface area (Å²) in [6.07, 6.45) is 5.17. The molecule has 2 aromatic heterocycles. The number of rotatable bonds is 7. The molecule has 2 heterocycles. The van der Waals surface area contributed by atoms with Crippen molar-refractivity contribution in [3.8, 4) is 39.5 Å². The maximum atomic E-state index is 9.27. The van der Waals surface area contributed by atoms with Gasteiger partial charge in [0.25, 0.3) is 0 Å². The Labute approximate surface area is 211 Å². The minimum Gasteiger partial charge on any atom is -0.492 e. The molecule has 0 spiro atoms. The van der Waals surface area contributed by atoms with E-state index < -0.39 is 0 Å². The minimum absolute atomic E-state index is 0. The lowest BCUT2D eigenvalue weighted by Gasteiger charge is -2.11. The number of hydrogen-bond acceptors (Lipinski definition) is 6. The molecule has 0 atom stereocenters. The van der Waals surface area contributed by atoms with Gasteiger partial charge in [0.05, 0.1) is 5.71 Å². The second kappa shape index (κ2) is 10.8. The van der Waals surface area contributed by atoms with Gasteiger partial charge in [0, 0.05) is 41.2 Å². The lowest BCUT2D eigenvalue weighted by atomic mass is 9.98. The summed E-state index contributed by atoms with van der Waals surface area (Å²) in [6, 6.07) is 20.3. The number of pyridine rings is 1. The minimum atomic E-state index is 0. The normalized spacial score (nSPS) is 13.6. The highest BCUT2D eigenvalue weighted by Crippen LogP contribution is 2.40. The van der Waals surface area contributed by atoms with E-state index in [1.165, 1.54) is 5.56 Å². The molecule has 0 aliphatic heterocycles. The highest BCUT2D eigenvalue weighted by atomic mass is 35.5. The molecule has 7 heteroatoms. The number of likely N-dealkylation sites (N-methyl/N-ethyl adjacent to an activating group) is 1. The van der Waals surface area contributed by atoms with Crippen LogP contribution < -0.4 is 4.74 Å². The monoisotopic (exact) mass is 489 g/mol. The second-order valence-electron chi connectivity index (χ2n) is 8.68. The predicted octanol–water partition coefficient (Wildman–Crippen LogP) is 6.16. The van der Waals surface area contributed by atoms with Gasteiger partial charge in [-0.2, -0.15) is 0 Å². The number of aromatic nitrogens is 1. The number of oxime groups is 1. The van der Waals surface area contributed by atoms with E-state index in [9.17, 15) is 5.21 Å². The smallest absolute Gasteiger partial charge is 0.142 e. The van der Waals surface area contributed by atoms with Crippen LogP contribution in [0, 0.1) is 0 Å². The summed E-state index contributed by atoms with van der Waals surface area (Å²) in [5.41, 5.74) is 7.00. The van der Waals surface area contributed by atoms with Gasteiger partial charge in [-0.25, -0.2) is 0 Å². The van der Waals surface area contributed by atoms with Crippen molar-refractivity contribution < 1.29 is 14.4 Å². The third-order valence-electron chi connectivity index (χ3n) is 6.10. The van der Waals surface area contributed by atoms with Crippen LogP contribution >= 0.6 is 12.4 Å². The van der Waals surface area contributed by atoms with Crippen molar-refractivity contribution in [2.45, 2.75) is 12.8 Å². The fourth-order valence-corrected chi connectivity index (χ4v) is 4.27. The number of aryl methyl sites for hydroxylation is 1.